The summed E-state index contributed by atoms with van der Waals surface area (Å²) in [7, 11) is 0. The zero-order chi connectivity index (χ0) is 17.5. The molecular formula is C22H23NO2. The van der Waals surface area contributed by atoms with Gasteiger partial charge in [-0.1, -0.05) is 54.6 Å². The normalized spacial score (nSPS) is 10.6. The van der Waals surface area contributed by atoms with Crippen LogP contribution < -0.4 is 10.1 Å². The maximum Gasteiger partial charge on any atom is 0.224 e. The van der Waals surface area contributed by atoms with Crippen LogP contribution >= 0.6 is 0 Å². The van der Waals surface area contributed by atoms with Gasteiger partial charge in [-0.3, -0.25) is 4.79 Å². The van der Waals surface area contributed by atoms with Gasteiger partial charge in [0.25, 0.3) is 0 Å². The third kappa shape index (κ3) is 4.83. The molecule has 0 bridgehead atoms. The van der Waals surface area contributed by atoms with Gasteiger partial charge in [-0.05, 0) is 47.4 Å². The number of hydrogen-bond acceptors (Lipinski definition) is 2. The van der Waals surface area contributed by atoms with E-state index in [1.807, 2.05) is 55.5 Å². The van der Waals surface area contributed by atoms with Crippen molar-refractivity contribution < 1.29 is 9.53 Å². The van der Waals surface area contributed by atoms with Crippen LogP contribution in [-0.2, 0) is 11.2 Å². The Morgan fingerprint density at radius 3 is 2.68 bits per heavy atom. The minimum Gasteiger partial charge on any atom is -0.494 e. The molecular weight excluding hydrogens is 310 g/mol. The number of carbonyl (C=O) groups excluding carboxylic acids is 1. The maximum atomic E-state index is 12.2. The van der Waals surface area contributed by atoms with Gasteiger partial charge in [0.2, 0.25) is 5.91 Å². The highest BCUT2D eigenvalue weighted by Crippen LogP contribution is 2.18. The van der Waals surface area contributed by atoms with E-state index in [2.05, 4.69) is 23.5 Å². The van der Waals surface area contributed by atoms with E-state index >= 15 is 0 Å². The topological polar surface area (TPSA) is 38.3 Å². The van der Waals surface area contributed by atoms with Crippen LogP contribution in [0, 0.1) is 6.92 Å². The molecule has 0 saturated carbocycles. The SMILES string of the molecule is Cc1cccc(OCCCNC(=O)Cc2cccc3ccccc23)c1. The van der Waals surface area contributed by atoms with Crippen molar-refractivity contribution in [3.05, 3.63) is 77.9 Å². The number of hydrogen-bond donors (Lipinski definition) is 1. The van der Waals surface area contributed by atoms with E-state index in [0.29, 0.717) is 19.6 Å². The van der Waals surface area contributed by atoms with Crippen molar-refractivity contribution >= 4 is 16.7 Å². The largest absolute Gasteiger partial charge is 0.494 e. The molecule has 0 heterocycles. The molecule has 128 valence electrons. The molecule has 3 aromatic carbocycles. The number of ether oxygens (including phenoxy) is 1. The standard InChI is InChI=1S/C22H23NO2/c1-17-7-4-11-20(15-17)25-14-6-13-23-22(24)16-19-10-5-9-18-8-2-3-12-21(18)19/h2-5,7-12,15H,6,13-14,16H2,1H3,(H,23,24). The lowest BCUT2D eigenvalue weighted by Gasteiger charge is -2.09. The van der Waals surface area contributed by atoms with Crippen molar-refractivity contribution in [1.82, 2.24) is 5.32 Å². The Balaban J connectivity index is 1.43. The summed E-state index contributed by atoms with van der Waals surface area (Å²) in [6.07, 6.45) is 1.19. The van der Waals surface area contributed by atoms with Gasteiger partial charge in [0.05, 0.1) is 13.0 Å². The van der Waals surface area contributed by atoms with Gasteiger partial charge < -0.3 is 10.1 Å². The highest BCUT2D eigenvalue weighted by atomic mass is 16.5. The molecule has 3 aromatic rings. The van der Waals surface area contributed by atoms with Crippen LogP contribution in [0.1, 0.15) is 17.5 Å². The molecule has 3 heteroatoms. The fourth-order valence-electron chi connectivity index (χ4n) is 2.88. The van der Waals surface area contributed by atoms with Crippen LogP contribution in [0.25, 0.3) is 10.8 Å². The predicted molar refractivity (Wildman–Crippen MR) is 102 cm³/mol. The molecule has 25 heavy (non-hydrogen) atoms. The molecule has 3 nitrogen and oxygen atoms in total. The summed E-state index contributed by atoms with van der Waals surface area (Å²) >= 11 is 0. The Bertz CT molecular complexity index is 852. The molecule has 0 saturated heterocycles. The second-order valence-electron chi connectivity index (χ2n) is 6.18. The lowest BCUT2D eigenvalue weighted by Crippen LogP contribution is -2.27. The Morgan fingerprint density at radius 2 is 1.80 bits per heavy atom. The van der Waals surface area contributed by atoms with Crippen LogP contribution in [0.3, 0.4) is 0 Å². The summed E-state index contributed by atoms with van der Waals surface area (Å²) in [5.74, 6) is 0.925. The van der Waals surface area contributed by atoms with Gasteiger partial charge in [0.1, 0.15) is 5.75 Å². The monoisotopic (exact) mass is 333 g/mol. The number of nitrogens with one attached hydrogen (secondary N) is 1. The highest BCUT2D eigenvalue weighted by molar-refractivity contribution is 5.90. The third-order valence-electron chi connectivity index (χ3n) is 4.13. The van der Waals surface area contributed by atoms with E-state index in [4.69, 9.17) is 4.74 Å². The van der Waals surface area contributed by atoms with E-state index in [9.17, 15) is 4.79 Å². The smallest absolute Gasteiger partial charge is 0.224 e. The van der Waals surface area contributed by atoms with Crippen molar-refractivity contribution in [2.24, 2.45) is 0 Å². The molecule has 0 atom stereocenters. The first kappa shape index (κ1) is 17.0. The number of benzene rings is 3. The average molecular weight is 333 g/mol. The van der Waals surface area contributed by atoms with Crippen LogP contribution in [0.2, 0.25) is 0 Å². The number of aryl methyl sites for hydroxylation is 1. The summed E-state index contributed by atoms with van der Waals surface area (Å²) in [4.78, 5) is 12.2. The van der Waals surface area contributed by atoms with Gasteiger partial charge in [0, 0.05) is 6.54 Å². The van der Waals surface area contributed by atoms with Gasteiger partial charge in [-0.25, -0.2) is 0 Å². The second kappa shape index (κ2) is 8.34. The summed E-state index contributed by atoms with van der Waals surface area (Å²) in [6, 6.07) is 22.2. The van der Waals surface area contributed by atoms with E-state index in [1.165, 1.54) is 10.9 Å². The Labute approximate surface area is 148 Å². The van der Waals surface area contributed by atoms with Crippen molar-refractivity contribution in [1.29, 1.82) is 0 Å². The van der Waals surface area contributed by atoms with Crippen LogP contribution in [-0.4, -0.2) is 19.1 Å². The quantitative estimate of drug-likeness (QED) is 0.656. The summed E-state index contributed by atoms with van der Waals surface area (Å²) in [6.45, 7) is 3.26. The average Bonchev–Trinajstić information content (AvgIpc) is 2.62. The summed E-state index contributed by atoms with van der Waals surface area (Å²) < 4.78 is 5.69. The number of fused-ring (bicyclic) bond motifs is 1. The van der Waals surface area contributed by atoms with Crippen molar-refractivity contribution in [2.75, 3.05) is 13.2 Å². The van der Waals surface area contributed by atoms with Gasteiger partial charge in [-0.15, -0.1) is 0 Å². The zero-order valence-electron chi connectivity index (χ0n) is 14.5. The molecule has 0 aliphatic heterocycles. The zero-order valence-corrected chi connectivity index (χ0v) is 14.5. The van der Waals surface area contributed by atoms with Crippen LogP contribution in [0.15, 0.2) is 66.7 Å². The lowest BCUT2D eigenvalue weighted by atomic mass is 10.0. The molecule has 0 radical (unpaired) electrons. The molecule has 0 spiro atoms. The number of amides is 1. The molecule has 0 aliphatic rings. The minimum absolute atomic E-state index is 0.0481. The number of rotatable bonds is 7. The molecule has 0 fully saturated rings. The molecule has 0 unspecified atom stereocenters. The first-order valence-corrected chi connectivity index (χ1v) is 8.65. The van der Waals surface area contributed by atoms with Crippen LogP contribution in [0.5, 0.6) is 5.75 Å². The minimum atomic E-state index is 0.0481. The molecule has 0 aromatic heterocycles. The first-order valence-electron chi connectivity index (χ1n) is 8.65. The third-order valence-corrected chi connectivity index (χ3v) is 4.13. The molecule has 0 aliphatic carbocycles. The van der Waals surface area contributed by atoms with Crippen molar-refractivity contribution in [3.63, 3.8) is 0 Å². The van der Waals surface area contributed by atoms with E-state index in [-0.39, 0.29) is 5.91 Å². The summed E-state index contributed by atoms with van der Waals surface area (Å²) in [5.41, 5.74) is 2.24. The Morgan fingerprint density at radius 1 is 1.00 bits per heavy atom. The Kier molecular flexibility index (Phi) is 5.68. The fraction of sp³-hybridized carbons (Fsp3) is 0.227. The van der Waals surface area contributed by atoms with E-state index in [1.54, 1.807) is 0 Å². The lowest BCUT2D eigenvalue weighted by molar-refractivity contribution is -0.120. The van der Waals surface area contributed by atoms with E-state index < -0.39 is 0 Å². The summed E-state index contributed by atoms with van der Waals surface area (Å²) in [5, 5.41) is 5.28. The molecule has 1 amide bonds. The molecule has 1 N–H and O–H groups in total. The fourth-order valence-corrected chi connectivity index (χ4v) is 2.88. The van der Waals surface area contributed by atoms with Crippen LogP contribution in [0.4, 0.5) is 0 Å². The predicted octanol–water partition coefficient (Wildman–Crippen LogP) is 4.28. The molecule has 3 rings (SSSR count). The van der Waals surface area contributed by atoms with E-state index in [0.717, 1.165) is 23.1 Å². The maximum absolute atomic E-state index is 12.2. The second-order valence-corrected chi connectivity index (χ2v) is 6.18. The number of carbonyl (C=O) groups is 1. The van der Waals surface area contributed by atoms with Crippen molar-refractivity contribution in [3.8, 4) is 5.75 Å². The van der Waals surface area contributed by atoms with Crippen molar-refractivity contribution in [2.45, 2.75) is 19.8 Å². The van der Waals surface area contributed by atoms with Gasteiger partial charge >= 0.3 is 0 Å². The van der Waals surface area contributed by atoms with Gasteiger partial charge in [0.15, 0.2) is 0 Å². The Hall–Kier alpha value is -2.81. The highest BCUT2D eigenvalue weighted by Gasteiger charge is 2.06. The van der Waals surface area contributed by atoms with Gasteiger partial charge in [-0.2, -0.15) is 0 Å². The first-order chi connectivity index (χ1) is 12.2.